The van der Waals surface area contributed by atoms with Crippen molar-refractivity contribution in [2.75, 3.05) is 5.43 Å². The van der Waals surface area contributed by atoms with E-state index in [9.17, 15) is 0 Å². The molecule has 0 aliphatic rings. The minimum absolute atomic E-state index is 0.0664. The van der Waals surface area contributed by atoms with Crippen molar-refractivity contribution in [1.29, 1.82) is 5.26 Å². The molecular weight excluding hydrogens is 375 g/mol. The number of aromatic nitrogens is 1. The number of halogens is 2. The second-order valence-corrected chi connectivity index (χ2v) is 6.54. The molecule has 0 atom stereocenters. The number of nitrogens with one attached hydrogen (secondary N) is 1. The zero-order valence-electron chi connectivity index (χ0n) is 14.0. The number of oxazole rings is 1. The maximum atomic E-state index is 9.10. The number of nitrogens with zero attached hydrogens (tertiary/aromatic N) is 3. The first-order chi connectivity index (χ1) is 12.5. The predicted octanol–water partition coefficient (Wildman–Crippen LogP) is 5.68. The average molecular weight is 389 g/mol. The van der Waals surface area contributed by atoms with Gasteiger partial charge in [0.05, 0.1) is 11.2 Å². The van der Waals surface area contributed by atoms with Crippen LogP contribution in [0.2, 0.25) is 10.0 Å². The Morgan fingerprint density at radius 2 is 2.04 bits per heavy atom. The summed E-state index contributed by atoms with van der Waals surface area (Å²) in [6.45, 7) is 3.84. The lowest BCUT2D eigenvalue weighted by Crippen LogP contribution is -1.90. The molecule has 0 saturated heterocycles. The van der Waals surface area contributed by atoms with Crippen molar-refractivity contribution in [2.45, 2.75) is 19.8 Å². The van der Waals surface area contributed by atoms with Crippen LogP contribution < -0.4 is 5.43 Å². The van der Waals surface area contributed by atoms with Gasteiger partial charge in [-0.25, -0.2) is 10.4 Å². The Balaban J connectivity index is 1.76. The van der Waals surface area contributed by atoms with Gasteiger partial charge in [-0.15, -0.1) is 0 Å². The third-order valence-electron chi connectivity index (χ3n) is 3.42. The second-order valence-electron chi connectivity index (χ2n) is 5.69. The normalized spacial score (nSPS) is 11.2. The van der Waals surface area contributed by atoms with E-state index >= 15 is 0 Å². The molecule has 6 nitrogen and oxygen atoms in total. The maximum Gasteiger partial charge on any atom is 0.252 e. The molecule has 0 aliphatic heterocycles. The fraction of sp³-hybridized carbons (Fsp3) is 0.167. The number of benzene rings is 1. The molecule has 1 N–H and O–H groups in total. The van der Waals surface area contributed by atoms with Gasteiger partial charge in [-0.3, -0.25) is 0 Å². The summed E-state index contributed by atoms with van der Waals surface area (Å²) in [7, 11) is 0. The zero-order chi connectivity index (χ0) is 18.7. The number of nitriles is 1. The van der Waals surface area contributed by atoms with Gasteiger partial charge in [-0.1, -0.05) is 37.0 Å². The van der Waals surface area contributed by atoms with E-state index < -0.39 is 0 Å². The van der Waals surface area contributed by atoms with Gasteiger partial charge in [-0.2, -0.15) is 10.4 Å². The van der Waals surface area contributed by atoms with E-state index in [1.807, 2.05) is 19.9 Å². The maximum absolute atomic E-state index is 9.10. The lowest BCUT2D eigenvalue weighted by Gasteiger charge is -2.01. The summed E-state index contributed by atoms with van der Waals surface area (Å²) in [5, 5.41) is 14.2. The molecule has 0 radical (unpaired) electrons. The summed E-state index contributed by atoms with van der Waals surface area (Å²) >= 11 is 12.2. The van der Waals surface area contributed by atoms with Crippen LogP contribution in [-0.2, 0) is 0 Å². The first-order valence-corrected chi connectivity index (χ1v) is 8.48. The summed E-state index contributed by atoms with van der Waals surface area (Å²) in [4.78, 5) is 4.10. The van der Waals surface area contributed by atoms with Crippen LogP contribution in [0.4, 0.5) is 5.88 Å². The Labute approximate surface area is 160 Å². The van der Waals surface area contributed by atoms with E-state index in [0.717, 1.165) is 0 Å². The smallest absolute Gasteiger partial charge is 0.252 e. The van der Waals surface area contributed by atoms with E-state index in [1.165, 1.54) is 6.21 Å². The molecule has 0 aliphatic carbocycles. The highest BCUT2D eigenvalue weighted by Crippen LogP contribution is 2.31. The monoisotopic (exact) mass is 388 g/mol. The van der Waals surface area contributed by atoms with Crippen molar-refractivity contribution in [1.82, 2.24) is 4.98 Å². The fourth-order valence-corrected chi connectivity index (χ4v) is 2.53. The Hall–Kier alpha value is -2.75. The van der Waals surface area contributed by atoms with Crippen molar-refractivity contribution >= 4 is 35.3 Å². The van der Waals surface area contributed by atoms with Crippen LogP contribution in [-0.4, -0.2) is 11.2 Å². The highest BCUT2D eigenvalue weighted by Gasteiger charge is 2.15. The van der Waals surface area contributed by atoms with Gasteiger partial charge in [0.1, 0.15) is 17.6 Å². The van der Waals surface area contributed by atoms with Crippen LogP contribution in [0.1, 0.15) is 37.1 Å². The summed E-state index contributed by atoms with van der Waals surface area (Å²) in [5.41, 5.74) is 3.51. The van der Waals surface area contributed by atoms with Crippen molar-refractivity contribution in [2.24, 2.45) is 5.10 Å². The van der Waals surface area contributed by atoms with Crippen LogP contribution in [0.15, 0.2) is 44.3 Å². The Bertz CT molecular complexity index is 999. The predicted molar refractivity (Wildman–Crippen MR) is 101 cm³/mol. The van der Waals surface area contributed by atoms with Crippen molar-refractivity contribution in [3.8, 4) is 17.4 Å². The van der Waals surface area contributed by atoms with E-state index in [1.54, 1.807) is 30.3 Å². The SMILES string of the molecule is CC(C)c1nc(C#N)c(NN=Cc2ccc(-c3cc(Cl)ccc3Cl)o2)o1. The second kappa shape index (κ2) is 7.65. The molecule has 0 fully saturated rings. The number of hydrazone groups is 1. The molecule has 0 unspecified atom stereocenters. The first kappa shape index (κ1) is 18.1. The van der Waals surface area contributed by atoms with Crippen molar-refractivity contribution in [3.05, 3.63) is 57.7 Å². The minimum Gasteiger partial charge on any atom is -0.455 e. The molecule has 3 aromatic rings. The van der Waals surface area contributed by atoms with E-state index in [4.69, 9.17) is 37.3 Å². The first-order valence-electron chi connectivity index (χ1n) is 7.73. The van der Waals surface area contributed by atoms with Gasteiger partial charge >= 0.3 is 0 Å². The molecule has 0 bridgehead atoms. The van der Waals surface area contributed by atoms with Crippen LogP contribution in [0.3, 0.4) is 0 Å². The molecule has 0 spiro atoms. The van der Waals surface area contributed by atoms with Crippen LogP contribution >= 0.6 is 23.2 Å². The highest BCUT2D eigenvalue weighted by atomic mass is 35.5. The molecule has 8 heteroatoms. The van der Waals surface area contributed by atoms with Crippen LogP contribution in [0.25, 0.3) is 11.3 Å². The van der Waals surface area contributed by atoms with Gasteiger partial charge in [0.15, 0.2) is 0 Å². The van der Waals surface area contributed by atoms with Crippen LogP contribution in [0, 0.1) is 11.3 Å². The Morgan fingerprint density at radius 3 is 2.77 bits per heavy atom. The van der Waals surface area contributed by atoms with Gasteiger partial charge in [-0.05, 0) is 30.3 Å². The summed E-state index contributed by atoms with van der Waals surface area (Å²) < 4.78 is 11.2. The molecule has 0 amide bonds. The number of anilines is 1. The summed E-state index contributed by atoms with van der Waals surface area (Å²) in [5.74, 6) is 1.79. The minimum atomic E-state index is 0.0664. The van der Waals surface area contributed by atoms with Crippen molar-refractivity contribution < 1.29 is 8.83 Å². The zero-order valence-corrected chi connectivity index (χ0v) is 15.5. The van der Waals surface area contributed by atoms with Crippen LogP contribution in [0.5, 0.6) is 0 Å². The number of furan rings is 1. The molecule has 2 heterocycles. The van der Waals surface area contributed by atoms with Gasteiger partial charge in [0.2, 0.25) is 11.6 Å². The molecule has 2 aromatic heterocycles. The summed E-state index contributed by atoms with van der Waals surface area (Å²) in [6.07, 6.45) is 1.46. The quantitative estimate of drug-likeness (QED) is 0.448. The van der Waals surface area contributed by atoms with Gasteiger partial charge in [0.25, 0.3) is 5.88 Å². The van der Waals surface area contributed by atoms with E-state index in [-0.39, 0.29) is 17.5 Å². The third kappa shape index (κ3) is 3.90. The Kier molecular flexibility index (Phi) is 5.31. The molecule has 3 rings (SSSR count). The molecule has 0 saturated carbocycles. The lowest BCUT2D eigenvalue weighted by atomic mass is 10.2. The molecule has 1 aromatic carbocycles. The van der Waals surface area contributed by atoms with E-state index in [2.05, 4.69) is 15.5 Å². The summed E-state index contributed by atoms with van der Waals surface area (Å²) in [6, 6.07) is 10.6. The topological polar surface area (TPSA) is 87.4 Å². The standard InChI is InChI=1S/C18H14Cl2N4O2/c1-10(2)17-23-15(8-21)18(26-17)24-22-9-12-4-6-16(25-12)13-7-11(19)3-5-14(13)20/h3-7,9-10,24H,1-2H3. The lowest BCUT2D eigenvalue weighted by molar-refractivity contribution is 0.481. The average Bonchev–Trinajstić information content (AvgIpc) is 3.24. The largest absolute Gasteiger partial charge is 0.455 e. The van der Waals surface area contributed by atoms with Gasteiger partial charge < -0.3 is 8.83 Å². The molecule has 26 heavy (non-hydrogen) atoms. The number of hydrogen-bond acceptors (Lipinski definition) is 6. The van der Waals surface area contributed by atoms with E-state index in [0.29, 0.717) is 33.0 Å². The Morgan fingerprint density at radius 1 is 1.23 bits per heavy atom. The van der Waals surface area contributed by atoms with Gasteiger partial charge in [0, 0.05) is 16.5 Å². The molecular formula is C18H14Cl2N4O2. The fourth-order valence-electron chi connectivity index (χ4n) is 2.14. The highest BCUT2D eigenvalue weighted by molar-refractivity contribution is 6.35. The van der Waals surface area contributed by atoms with Crippen molar-refractivity contribution in [3.63, 3.8) is 0 Å². The number of rotatable bonds is 5. The number of hydrogen-bond donors (Lipinski definition) is 1. The molecule has 132 valence electrons. The third-order valence-corrected chi connectivity index (χ3v) is 3.99.